The number of hydrogen-bond donors (Lipinski definition) is 2. The van der Waals surface area contributed by atoms with E-state index in [2.05, 4.69) is 10.6 Å². The Morgan fingerprint density at radius 3 is 2.39 bits per heavy atom. The van der Waals surface area contributed by atoms with Crippen LogP contribution in [0.25, 0.3) is 0 Å². The molecule has 1 aromatic rings. The number of hydrogen-bond acceptors (Lipinski definition) is 2. The Labute approximate surface area is 102 Å². The van der Waals surface area contributed by atoms with Crippen LogP contribution in [0.4, 0.5) is 18.9 Å². The van der Waals surface area contributed by atoms with Gasteiger partial charge in [-0.05, 0) is 12.5 Å². The Morgan fingerprint density at radius 1 is 1.28 bits per heavy atom. The Morgan fingerprint density at radius 2 is 1.89 bits per heavy atom. The Balaban J connectivity index is 2.12. The topological polar surface area (TPSA) is 41.1 Å². The first-order valence-corrected chi connectivity index (χ1v) is 5.65. The van der Waals surface area contributed by atoms with Gasteiger partial charge >= 0.3 is 0 Å². The number of rotatable bonds is 2. The fraction of sp³-hybridized carbons (Fsp3) is 0.417. The molecule has 18 heavy (non-hydrogen) atoms. The minimum absolute atomic E-state index is 0.0736. The van der Waals surface area contributed by atoms with Gasteiger partial charge in [0.05, 0.1) is 5.92 Å². The summed E-state index contributed by atoms with van der Waals surface area (Å²) in [5, 5.41) is 5.45. The Bertz CT molecular complexity index is 455. The lowest BCUT2D eigenvalue weighted by molar-refractivity contribution is -0.120. The second kappa shape index (κ2) is 4.97. The van der Waals surface area contributed by atoms with Crippen LogP contribution < -0.4 is 10.6 Å². The zero-order chi connectivity index (χ0) is 13.3. The van der Waals surface area contributed by atoms with Crippen molar-refractivity contribution < 1.29 is 18.0 Å². The molecule has 0 spiro atoms. The highest BCUT2D eigenvalue weighted by molar-refractivity contribution is 5.93. The number of halogens is 3. The fourth-order valence-corrected chi connectivity index (χ4v) is 2.02. The van der Waals surface area contributed by atoms with Crippen LogP contribution in [0.15, 0.2) is 12.1 Å². The number of carbonyl (C=O) groups excluding carboxylic acids is 1. The normalized spacial score (nSPS) is 23.1. The lowest BCUT2D eigenvalue weighted by Crippen LogP contribution is -2.28. The molecule has 1 amide bonds. The van der Waals surface area contributed by atoms with Crippen molar-refractivity contribution in [3.63, 3.8) is 0 Å². The summed E-state index contributed by atoms with van der Waals surface area (Å²) >= 11 is 0. The third-order valence-electron chi connectivity index (χ3n) is 3.11. The molecular weight excluding hydrogens is 245 g/mol. The molecule has 1 aliphatic rings. The predicted octanol–water partition coefficient (Wildman–Crippen LogP) is 1.90. The first-order valence-electron chi connectivity index (χ1n) is 5.65. The van der Waals surface area contributed by atoms with Crippen molar-refractivity contribution in [1.82, 2.24) is 5.32 Å². The largest absolute Gasteiger partial charge is 0.326 e. The highest BCUT2D eigenvalue weighted by atomic mass is 19.2. The molecule has 2 N–H and O–H groups in total. The minimum Gasteiger partial charge on any atom is -0.326 e. The number of benzene rings is 1. The summed E-state index contributed by atoms with van der Waals surface area (Å²) in [4.78, 5) is 11.8. The smallest absolute Gasteiger partial charge is 0.229 e. The predicted molar refractivity (Wildman–Crippen MR) is 60.5 cm³/mol. The van der Waals surface area contributed by atoms with Gasteiger partial charge in [0.25, 0.3) is 0 Å². The van der Waals surface area contributed by atoms with Crippen LogP contribution in [0.5, 0.6) is 0 Å². The molecule has 1 fully saturated rings. The lowest BCUT2D eigenvalue weighted by Gasteiger charge is -2.14. The van der Waals surface area contributed by atoms with E-state index in [4.69, 9.17) is 0 Å². The average Bonchev–Trinajstić information content (AvgIpc) is 2.72. The summed E-state index contributed by atoms with van der Waals surface area (Å²) in [6, 6.07) is 1.53. The Hall–Kier alpha value is -1.56. The van der Waals surface area contributed by atoms with E-state index in [9.17, 15) is 18.0 Å². The van der Waals surface area contributed by atoms with E-state index < -0.39 is 17.5 Å². The van der Waals surface area contributed by atoms with Crippen molar-refractivity contribution >= 4 is 11.6 Å². The highest BCUT2D eigenvalue weighted by Gasteiger charge is 2.29. The van der Waals surface area contributed by atoms with E-state index in [-0.39, 0.29) is 23.4 Å². The highest BCUT2D eigenvalue weighted by Crippen LogP contribution is 2.21. The first kappa shape index (κ1) is 12.9. The molecule has 0 radical (unpaired) electrons. The van der Waals surface area contributed by atoms with Crippen LogP contribution in [-0.2, 0) is 4.79 Å². The van der Waals surface area contributed by atoms with E-state index in [1.165, 1.54) is 0 Å². The molecule has 1 heterocycles. The molecule has 2 atom stereocenters. The van der Waals surface area contributed by atoms with Gasteiger partial charge < -0.3 is 10.6 Å². The molecule has 6 heteroatoms. The van der Waals surface area contributed by atoms with Crippen LogP contribution >= 0.6 is 0 Å². The Kier molecular flexibility index (Phi) is 3.56. The summed E-state index contributed by atoms with van der Waals surface area (Å²) in [6.07, 6.45) is 0. The van der Waals surface area contributed by atoms with Crippen LogP contribution in [0, 0.1) is 29.3 Å². The summed E-state index contributed by atoms with van der Waals surface area (Å²) in [5.41, 5.74) is -0.0736. The van der Waals surface area contributed by atoms with E-state index in [1.807, 2.05) is 6.92 Å². The minimum atomic E-state index is -1.54. The van der Waals surface area contributed by atoms with Gasteiger partial charge in [0, 0.05) is 24.4 Å². The molecule has 98 valence electrons. The molecule has 1 aromatic carbocycles. The fourth-order valence-electron chi connectivity index (χ4n) is 2.02. The zero-order valence-electron chi connectivity index (χ0n) is 9.77. The molecule has 0 unspecified atom stereocenters. The first-order chi connectivity index (χ1) is 8.49. The summed E-state index contributed by atoms with van der Waals surface area (Å²) < 4.78 is 38.7. The van der Waals surface area contributed by atoms with E-state index in [1.54, 1.807) is 0 Å². The van der Waals surface area contributed by atoms with Gasteiger partial charge in [-0.3, -0.25) is 4.79 Å². The lowest BCUT2D eigenvalue weighted by atomic mass is 9.97. The third-order valence-corrected chi connectivity index (χ3v) is 3.11. The maximum atomic E-state index is 13.0. The second-order valence-electron chi connectivity index (χ2n) is 4.49. The van der Waals surface area contributed by atoms with Crippen molar-refractivity contribution in [2.45, 2.75) is 6.92 Å². The maximum absolute atomic E-state index is 13.0. The molecule has 0 aliphatic carbocycles. The molecular formula is C12H13F3N2O. The molecule has 0 bridgehead atoms. The average molecular weight is 258 g/mol. The molecule has 0 saturated carbocycles. The number of carbonyl (C=O) groups is 1. The molecule has 2 rings (SSSR count). The summed E-state index contributed by atoms with van der Waals surface area (Å²) in [6.45, 7) is 3.17. The van der Waals surface area contributed by atoms with Crippen LogP contribution in [0.2, 0.25) is 0 Å². The van der Waals surface area contributed by atoms with Crippen LogP contribution in [0.1, 0.15) is 6.92 Å². The van der Waals surface area contributed by atoms with Crippen LogP contribution in [-0.4, -0.2) is 19.0 Å². The standard InChI is InChI=1S/C12H13F3N2O/c1-6-4-16-5-8(6)12(18)17-7-2-9(13)11(15)10(14)3-7/h2-3,6,8,16H,4-5H2,1H3,(H,17,18)/t6-,8+/m0/s1. The van der Waals surface area contributed by atoms with Gasteiger partial charge in [-0.25, -0.2) is 13.2 Å². The van der Waals surface area contributed by atoms with Gasteiger partial charge in [-0.2, -0.15) is 0 Å². The molecule has 3 nitrogen and oxygen atoms in total. The SMILES string of the molecule is C[C@H]1CNC[C@H]1C(=O)Nc1cc(F)c(F)c(F)c1. The van der Waals surface area contributed by atoms with Gasteiger partial charge in [0.1, 0.15) is 0 Å². The second-order valence-corrected chi connectivity index (χ2v) is 4.49. The van der Waals surface area contributed by atoms with E-state index >= 15 is 0 Å². The molecule has 0 aromatic heterocycles. The van der Waals surface area contributed by atoms with Crippen molar-refractivity contribution in [2.24, 2.45) is 11.8 Å². The van der Waals surface area contributed by atoms with Gasteiger partial charge in [0.15, 0.2) is 17.5 Å². The van der Waals surface area contributed by atoms with Gasteiger partial charge in [-0.1, -0.05) is 6.92 Å². The van der Waals surface area contributed by atoms with Crippen LogP contribution in [0.3, 0.4) is 0 Å². The van der Waals surface area contributed by atoms with E-state index in [0.717, 1.165) is 18.7 Å². The van der Waals surface area contributed by atoms with Gasteiger partial charge in [0.2, 0.25) is 5.91 Å². The molecule has 1 saturated heterocycles. The number of nitrogens with one attached hydrogen (secondary N) is 2. The van der Waals surface area contributed by atoms with E-state index in [0.29, 0.717) is 6.54 Å². The van der Waals surface area contributed by atoms with Crippen molar-refractivity contribution in [2.75, 3.05) is 18.4 Å². The van der Waals surface area contributed by atoms with Gasteiger partial charge in [-0.15, -0.1) is 0 Å². The zero-order valence-corrected chi connectivity index (χ0v) is 9.77. The number of anilines is 1. The quantitative estimate of drug-likeness (QED) is 0.795. The van der Waals surface area contributed by atoms with Crippen molar-refractivity contribution in [3.8, 4) is 0 Å². The monoisotopic (exact) mass is 258 g/mol. The summed E-state index contributed by atoms with van der Waals surface area (Å²) in [7, 11) is 0. The maximum Gasteiger partial charge on any atom is 0.229 e. The third kappa shape index (κ3) is 2.48. The van der Waals surface area contributed by atoms with Crippen molar-refractivity contribution in [1.29, 1.82) is 0 Å². The summed E-state index contributed by atoms with van der Waals surface area (Å²) in [5.74, 6) is -4.59. The molecule has 1 aliphatic heterocycles. The number of amides is 1. The van der Waals surface area contributed by atoms with Crippen molar-refractivity contribution in [3.05, 3.63) is 29.6 Å².